The lowest BCUT2D eigenvalue weighted by Gasteiger charge is -2.40. The fourth-order valence-electron chi connectivity index (χ4n) is 4.22. The molecule has 166 valence electrons. The van der Waals surface area contributed by atoms with Gasteiger partial charge in [-0.3, -0.25) is 15.0 Å². The first-order chi connectivity index (χ1) is 15.7. The molecule has 8 heteroatoms. The van der Waals surface area contributed by atoms with Gasteiger partial charge in [0.25, 0.3) is 0 Å². The lowest BCUT2D eigenvalue weighted by Crippen LogP contribution is -2.48. The topological polar surface area (TPSA) is 87.4 Å². The highest BCUT2D eigenvalue weighted by molar-refractivity contribution is 5.70. The van der Waals surface area contributed by atoms with Gasteiger partial charge in [-0.05, 0) is 17.5 Å². The van der Waals surface area contributed by atoms with E-state index in [1.54, 1.807) is 0 Å². The summed E-state index contributed by atoms with van der Waals surface area (Å²) in [5.41, 5.74) is 2.44. The first-order valence-electron chi connectivity index (χ1n) is 11.0. The van der Waals surface area contributed by atoms with E-state index in [1.165, 1.54) is 17.5 Å². The molecule has 0 amide bonds. The van der Waals surface area contributed by atoms with Crippen molar-refractivity contribution in [1.82, 2.24) is 14.9 Å². The fraction of sp³-hybridized carbons (Fsp3) is 0.333. The van der Waals surface area contributed by atoms with Gasteiger partial charge in [0.1, 0.15) is 6.33 Å². The smallest absolute Gasteiger partial charge is 0.353 e. The lowest BCUT2D eigenvalue weighted by molar-refractivity contribution is -0.383. The fourth-order valence-corrected chi connectivity index (χ4v) is 4.22. The Kier molecular flexibility index (Phi) is 6.91. The molecule has 2 aromatic carbocycles. The van der Waals surface area contributed by atoms with E-state index in [1.807, 2.05) is 24.0 Å². The van der Waals surface area contributed by atoms with Crippen LogP contribution in [-0.4, -0.2) is 52.5 Å². The van der Waals surface area contributed by atoms with Crippen LogP contribution in [0.4, 0.5) is 17.3 Å². The number of benzene rings is 2. The van der Waals surface area contributed by atoms with Crippen molar-refractivity contribution in [2.75, 3.05) is 42.9 Å². The predicted molar refractivity (Wildman–Crippen MR) is 126 cm³/mol. The molecular formula is C24H28N6O2. The third-order valence-corrected chi connectivity index (χ3v) is 5.74. The Morgan fingerprint density at radius 3 is 2.09 bits per heavy atom. The van der Waals surface area contributed by atoms with Gasteiger partial charge < -0.3 is 10.2 Å². The highest BCUT2D eigenvalue weighted by atomic mass is 16.6. The van der Waals surface area contributed by atoms with Gasteiger partial charge >= 0.3 is 5.69 Å². The molecule has 1 N–H and O–H groups in total. The molecule has 1 aromatic heterocycles. The van der Waals surface area contributed by atoms with Crippen LogP contribution in [0.5, 0.6) is 0 Å². The first kappa shape index (κ1) is 21.7. The van der Waals surface area contributed by atoms with E-state index in [4.69, 9.17) is 0 Å². The molecule has 3 aromatic rings. The van der Waals surface area contributed by atoms with Gasteiger partial charge in [0, 0.05) is 32.7 Å². The zero-order valence-corrected chi connectivity index (χ0v) is 18.2. The van der Waals surface area contributed by atoms with Crippen molar-refractivity contribution in [3.63, 3.8) is 0 Å². The van der Waals surface area contributed by atoms with E-state index >= 15 is 0 Å². The van der Waals surface area contributed by atoms with Crippen molar-refractivity contribution in [1.29, 1.82) is 0 Å². The molecule has 0 atom stereocenters. The first-order valence-corrected chi connectivity index (χ1v) is 11.0. The SMILES string of the molecule is CCCNc1ncnc(N2CCN(C(c3ccccc3)c3ccccc3)CC2)c1[N+](=O)[O-]. The van der Waals surface area contributed by atoms with Crippen LogP contribution in [0.25, 0.3) is 0 Å². The van der Waals surface area contributed by atoms with Gasteiger partial charge in [0.2, 0.25) is 11.6 Å². The Labute approximate surface area is 188 Å². The molecule has 4 rings (SSSR count). The average molecular weight is 433 g/mol. The molecule has 32 heavy (non-hydrogen) atoms. The molecule has 0 spiro atoms. The third-order valence-electron chi connectivity index (χ3n) is 5.74. The molecular weight excluding hydrogens is 404 g/mol. The summed E-state index contributed by atoms with van der Waals surface area (Å²) in [5, 5.41) is 14.9. The van der Waals surface area contributed by atoms with Crippen molar-refractivity contribution >= 4 is 17.3 Å². The minimum Gasteiger partial charge on any atom is -0.364 e. The molecule has 2 heterocycles. The minimum absolute atomic E-state index is 0.0444. The van der Waals surface area contributed by atoms with Crippen molar-refractivity contribution < 1.29 is 4.92 Å². The molecule has 1 fully saturated rings. The van der Waals surface area contributed by atoms with Gasteiger partial charge in [0.15, 0.2) is 0 Å². The maximum Gasteiger partial charge on any atom is 0.353 e. The normalized spacial score (nSPS) is 14.5. The summed E-state index contributed by atoms with van der Waals surface area (Å²) in [7, 11) is 0. The number of anilines is 2. The molecule has 1 saturated heterocycles. The number of nitrogens with one attached hydrogen (secondary N) is 1. The van der Waals surface area contributed by atoms with Crippen LogP contribution in [0.2, 0.25) is 0 Å². The van der Waals surface area contributed by atoms with Crippen LogP contribution in [0.1, 0.15) is 30.5 Å². The van der Waals surface area contributed by atoms with Crippen molar-refractivity contribution in [3.8, 4) is 0 Å². The van der Waals surface area contributed by atoms with Crippen molar-refractivity contribution in [2.45, 2.75) is 19.4 Å². The standard InChI is InChI=1S/C24H28N6O2/c1-2-13-25-23-22(30(31)32)24(27-18-26-23)29-16-14-28(15-17-29)21(19-9-5-3-6-10-19)20-11-7-4-8-12-20/h3-12,18,21H,2,13-17H2,1H3,(H,25,26,27). The number of aromatic nitrogens is 2. The summed E-state index contributed by atoms with van der Waals surface area (Å²) in [5.74, 6) is 0.676. The van der Waals surface area contributed by atoms with Crippen LogP contribution in [-0.2, 0) is 0 Å². The second-order valence-corrected chi connectivity index (χ2v) is 7.83. The number of hydrogen-bond donors (Lipinski definition) is 1. The number of nitro groups is 1. The summed E-state index contributed by atoms with van der Waals surface area (Å²) < 4.78 is 0. The van der Waals surface area contributed by atoms with E-state index in [0.29, 0.717) is 25.5 Å². The Bertz CT molecular complexity index is 984. The summed E-state index contributed by atoms with van der Waals surface area (Å²) in [6.07, 6.45) is 2.26. The molecule has 1 aliphatic heterocycles. The Morgan fingerprint density at radius 1 is 0.969 bits per heavy atom. The number of nitrogens with zero attached hydrogens (tertiary/aromatic N) is 5. The van der Waals surface area contributed by atoms with Crippen LogP contribution in [0.15, 0.2) is 67.0 Å². The van der Waals surface area contributed by atoms with Crippen LogP contribution < -0.4 is 10.2 Å². The Morgan fingerprint density at radius 2 is 1.56 bits per heavy atom. The minimum atomic E-state index is -0.379. The lowest BCUT2D eigenvalue weighted by atomic mass is 9.96. The zero-order valence-electron chi connectivity index (χ0n) is 18.2. The second kappa shape index (κ2) is 10.2. The van der Waals surface area contributed by atoms with Gasteiger partial charge in [-0.2, -0.15) is 0 Å². The van der Waals surface area contributed by atoms with Gasteiger partial charge in [-0.15, -0.1) is 0 Å². The van der Waals surface area contributed by atoms with Crippen LogP contribution in [0, 0.1) is 10.1 Å². The zero-order chi connectivity index (χ0) is 22.3. The van der Waals surface area contributed by atoms with Gasteiger partial charge in [-0.1, -0.05) is 67.6 Å². The van der Waals surface area contributed by atoms with Gasteiger partial charge in [-0.25, -0.2) is 9.97 Å². The average Bonchev–Trinajstić information content (AvgIpc) is 2.84. The highest BCUT2D eigenvalue weighted by Crippen LogP contribution is 2.34. The summed E-state index contributed by atoms with van der Waals surface area (Å²) in [6.45, 7) is 5.49. The second-order valence-electron chi connectivity index (χ2n) is 7.83. The van der Waals surface area contributed by atoms with Gasteiger partial charge in [0.05, 0.1) is 11.0 Å². The molecule has 0 radical (unpaired) electrons. The van der Waals surface area contributed by atoms with E-state index in [9.17, 15) is 10.1 Å². The van der Waals surface area contributed by atoms with E-state index < -0.39 is 0 Å². The summed E-state index contributed by atoms with van der Waals surface area (Å²) in [6, 6.07) is 21.1. The molecule has 0 aliphatic carbocycles. The predicted octanol–water partition coefficient (Wildman–Crippen LogP) is 4.12. The molecule has 8 nitrogen and oxygen atoms in total. The molecule has 1 aliphatic rings. The highest BCUT2D eigenvalue weighted by Gasteiger charge is 2.31. The molecule has 0 bridgehead atoms. The van der Waals surface area contributed by atoms with E-state index in [2.05, 4.69) is 68.7 Å². The van der Waals surface area contributed by atoms with Crippen LogP contribution >= 0.6 is 0 Å². The van der Waals surface area contributed by atoms with Crippen LogP contribution in [0.3, 0.4) is 0 Å². The quantitative estimate of drug-likeness (QED) is 0.423. The third kappa shape index (κ3) is 4.70. The molecule has 0 unspecified atom stereocenters. The monoisotopic (exact) mass is 432 g/mol. The Balaban J connectivity index is 1.56. The number of piperazine rings is 1. The largest absolute Gasteiger partial charge is 0.364 e. The van der Waals surface area contributed by atoms with E-state index in [0.717, 1.165) is 19.5 Å². The molecule has 0 saturated carbocycles. The summed E-state index contributed by atoms with van der Waals surface area (Å²) in [4.78, 5) is 24.3. The number of hydrogen-bond acceptors (Lipinski definition) is 7. The van der Waals surface area contributed by atoms with E-state index in [-0.39, 0.29) is 22.5 Å². The Hall–Kier alpha value is -3.52. The maximum absolute atomic E-state index is 11.8. The maximum atomic E-state index is 11.8. The summed E-state index contributed by atoms with van der Waals surface area (Å²) >= 11 is 0. The van der Waals surface area contributed by atoms with Crippen molar-refractivity contribution in [2.24, 2.45) is 0 Å². The van der Waals surface area contributed by atoms with Crippen molar-refractivity contribution in [3.05, 3.63) is 88.2 Å². The number of rotatable bonds is 8.